The van der Waals surface area contributed by atoms with Crippen LogP contribution in [0.5, 0.6) is 0 Å². The Morgan fingerprint density at radius 1 is 1.55 bits per heavy atom. The number of nitrogens with two attached hydrogens (primary N) is 1. The van der Waals surface area contributed by atoms with E-state index in [-0.39, 0.29) is 18.3 Å². The van der Waals surface area contributed by atoms with Crippen molar-refractivity contribution in [1.82, 2.24) is 10.3 Å². The van der Waals surface area contributed by atoms with Crippen LogP contribution in [0.3, 0.4) is 0 Å². The SMILES string of the molecule is Cc1cnc(CNC(=O)C2(C(N)=NO)CCCCC2)o1. The van der Waals surface area contributed by atoms with Gasteiger partial charge in [0.05, 0.1) is 12.7 Å². The summed E-state index contributed by atoms with van der Waals surface area (Å²) in [6.07, 6.45) is 5.64. The molecular weight excluding hydrogens is 260 g/mol. The van der Waals surface area contributed by atoms with Crippen molar-refractivity contribution in [3.63, 3.8) is 0 Å². The minimum atomic E-state index is -0.908. The van der Waals surface area contributed by atoms with Gasteiger partial charge in [-0.2, -0.15) is 0 Å². The summed E-state index contributed by atoms with van der Waals surface area (Å²) in [4.78, 5) is 16.5. The molecule has 1 aliphatic rings. The van der Waals surface area contributed by atoms with Gasteiger partial charge in [-0.25, -0.2) is 4.98 Å². The zero-order valence-corrected chi connectivity index (χ0v) is 11.6. The van der Waals surface area contributed by atoms with Gasteiger partial charge in [0.15, 0.2) is 5.84 Å². The highest BCUT2D eigenvalue weighted by Gasteiger charge is 2.43. The van der Waals surface area contributed by atoms with Crippen molar-refractivity contribution in [2.24, 2.45) is 16.3 Å². The maximum absolute atomic E-state index is 12.4. The maximum Gasteiger partial charge on any atom is 0.234 e. The summed E-state index contributed by atoms with van der Waals surface area (Å²) in [5, 5.41) is 14.8. The van der Waals surface area contributed by atoms with Crippen LogP contribution in [0.15, 0.2) is 15.8 Å². The number of aromatic nitrogens is 1. The van der Waals surface area contributed by atoms with E-state index in [1.807, 2.05) is 0 Å². The van der Waals surface area contributed by atoms with Crippen molar-refractivity contribution in [3.05, 3.63) is 17.8 Å². The Hall–Kier alpha value is -2.05. The van der Waals surface area contributed by atoms with E-state index in [0.717, 1.165) is 19.3 Å². The lowest BCUT2D eigenvalue weighted by molar-refractivity contribution is -0.129. The number of hydrogen-bond acceptors (Lipinski definition) is 5. The van der Waals surface area contributed by atoms with Crippen molar-refractivity contribution in [2.45, 2.75) is 45.6 Å². The number of amides is 1. The molecule has 1 saturated carbocycles. The van der Waals surface area contributed by atoms with Gasteiger partial charge < -0.3 is 20.7 Å². The number of aryl methyl sites for hydroxylation is 1. The molecule has 110 valence electrons. The predicted octanol–water partition coefficient (Wildman–Crippen LogP) is 1.30. The lowest BCUT2D eigenvalue weighted by atomic mass is 9.72. The number of nitrogens with zero attached hydrogens (tertiary/aromatic N) is 2. The molecule has 0 aromatic carbocycles. The third-order valence-electron chi connectivity index (χ3n) is 3.81. The second kappa shape index (κ2) is 5.94. The molecule has 1 aromatic rings. The highest BCUT2D eigenvalue weighted by Crippen LogP contribution is 2.36. The third-order valence-corrected chi connectivity index (χ3v) is 3.81. The third kappa shape index (κ3) is 2.76. The summed E-state index contributed by atoms with van der Waals surface area (Å²) in [5.41, 5.74) is 4.85. The number of carbonyl (C=O) groups excluding carboxylic acids is 1. The lowest BCUT2D eigenvalue weighted by Crippen LogP contribution is -2.50. The predicted molar refractivity (Wildman–Crippen MR) is 72.0 cm³/mol. The molecule has 2 rings (SSSR count). The molecule has 0 aliphatic heterocycles. The maximum atomic E-state index is 12.4. The van der Waals surface area contributed by atoms with Crippen LogP contribution in [0.25, 0.3) is 0 Å². The minimum absolute atomic E-state index is 0.0155. The summed E-state index contributed by atoms with van der Waals surface area (Å²) in [6.45, 7) is 1.99. The van der Waals surface area contributed by atoms with E-state index in [0.29, 0.717) is 24.5 Å². The molecule has 0 spiro atoms. The molecule has 7 nitrogen and oxygen atoms in total. The summed E-state index contributed by atoms with van der Waals surface area (Å²) >= 11 is 0. The molecule has 0 bridgehead atoms. The van der Waals surface area contributed by atoms with Crippen LogP contribution in [0, 0.1) is 12.3 Å². The van der Waals surface area contributed by atoms with E-state index >= 15 is 0 Å². The van der Waals surface area contributed by atoms with Gasteiger partial charge in [0, 0.05) is 0 Å². The number of nitrogens with one attached hydrogen (secondary N) is 1. The molecule has 20 heavy (non-hydrogen) atoms. The van der Waals surface area contributed by atoms with Gasteiger partial charge in [0.1, 0.15) is 11.2 Å². The van der Waals surface area contributed by atoms with Gasteiger partial charge in [0.2, 0.25) is 11.8 Å². The molecule has 0 atom stereocenters. The number of oxazole rings is 1. The molecule has 0 unspecified atom stereocenters. The zero-order chi connectivity index (χ0) is 14.6. The van der Waals surface area contributed by atoms with Crippen molar-refractivity contribution >= 4 is 11.7 Å². The highest BCUT2D eigenvalue weighted by atomic mass is 16.4. The van der Waals surface area contributed by atoms with Crippen LogP contribution in [-0.4, -0.2) is 21.9 Å². The van der Waals surface area contributed by atoms with Crippen molar-refractivity contribution in [2.75, 3.05) is 0 Å². The van der Waals surface area contributed by atoms with Gasteiger partial charge in [-0.1, -0.05) is 24.4 Å². The first-order valence-corrected chi connectivity index (χ1v) is 6.76. The molecule has 1 aromatic heterocycles. The zero-order valence-electron chi connectivity index (χ0n) is 11.6. The van der Waals surface area contributed by atoms with Crippen LogP contribution < -0.4 is 11.1 Å². The summed E-state index contributed by atoms with van der Waals surface area (Å²) in [5.74, 6) is 0.890. The molecule has 0 radical (unpaired) electrons. The van der Waals surface area contributed by atoms with Crippen LogP contribution in [-0.2, 0) is 11.3 Å². The molecule has 1 fully saturated rings. The average Bonchev–Trinajstić information content (AvgIpc) is 2.90. The van der Waals surface area contributed by atoms with E-state index < -0.39 is 5.41 Å². The Labute approximate surface area is 117 Å². The molecular formula is C13H20N4O3. The van der Waals surface area contributed by atoms with E-state index in [4.69, 9.17) is 15.4 Å². The lowest BCUT2D eigenvalue weighted by Gasteiger charge is -2.34. The Balaban J connectivity index is 2.07. The molecule has 1 aliphatic carbocycles. The van der Waals surface area contributed by atoms with Crippen LogP contribution in [0.4, 0.5) is 0 Å². The van der Waals surface area contributed by atoms with E-state index in [1.165, 1.54) is 0 Å². The fraction of sp³-hybridized carbons (Fsp3) is 0.615. The second-order valence-corrected chi connectivity index (χ2v) is 5.18. The number of carbonyl (C=O) groups is 1. The molecule has 1 heterocycles. The van der Waals surface area contributed by atoms with E-state index in [2.05, 4.69) is 15.5 Å². The van der Waals surface area contributed by atoms with Crippen molar-refractivity contribution < 1.29 is 14.4 Å². The smallest absolute Gasteiger partial charge is 0.234 e. The van der Waals surface area contributed by atoms with Crippen molar-refractivity contribution in [1.29, 1.82) is 0 Å². The first-order chi connectivity index (χ1) is 9.58. The second-order valence-electron chi connectivity index (χ2n) is 5.18. The van der Waals surface area contributed by atoms with Crippen LogP contribution in [0.2, 0.25) is 0 Å². The standard InChI is InChI=1S/C13H20N4O3/c1-9-7-15-10(20-9)8-16-12(18)13(11(14)17-19)5-3-2-4-6-13/h7,19H,2-6,8H2,1H3,(H2,14,17)(H,16,18). The normalized spacial score (nSPS) is 18.8. The fourth-order valence-electron chi connectivity index (χ4n) is 2.66. The first kappa shape index (κ1) is 14.4. The topological polar surface area (TPSA) is 114 Å². The average molecular weight is 280 g/mol. The Morgan fingerprint density at radius 2 is 2.25 bits per heavy atom. The van der Waals surface area contributed by atoms with E-state index in [1.54, 1.807) is 13.1 Å². The number of amidine groups is 1. The van der Waals surface area contributed by atoms with Gasteiger partial charge in [-0.05, 0) is 19.8 Å². The van der Waals surface area contributed by atoms with Crippen LogP contribution >= 0.6 is 0 Å². The van der Waals surface area contributed by atoms with Crippen LogP contribution in [0.1, 0.15) is 43.8 Å². The number of oxime groups is 1. The Kier molecular flexibility index (Phi) is 4.26. The summed E-state index contributed by atoms with van der Waals surface area (Å²) in [7, 11) is 0. The molecule has 0 saturated heterocycles. The molecule has 4 N–H and O–H groups in total. The minimum Gasteiger partial charge on any atom is -0.444 e. The van der Waals surface area contributed by atoms with E-state index in [9.17, 15) is 4.79 Å². The Bertz CT molecular complexity index is 503. The number of hydrogen-bond donors (Lipinski definition) is 3. The van der Waals surface area contributed by atoms with Crippen molar-refractivity contribution in [3.8, 4) is 0 Å². The molecule has 1 amide bonds. The highest BCUT2D eigenvalue weighted by molar-refractivity contribution is 6.06. The Morgan fingerprint density at radius 3 is 2.80 bits per heavy atom. The van der Waals surface area contributed by atoms with Gasteiger partial charge in [-0.15, -0.1) is 0 Å². The summed E-state index contributed by atoms with van der Waals surface area (Å²) < 4.78 is 5.30. The monoisotopic (exact) mass is 280 g/mol. The fourth-order valence-corrected chi connectivity index (χ4v) is 2.66. The molecule has 7 heteroatoms. The first-order valence-electron chi connectivity index (χ1n) is 6.76. The van der Waals surface area contributed by atoms with Gasteiger partial charge in [-0.3, -0.25) is 4.79 Å². The summed E-state index contributed by atoms with van der Waals surface area (Å²) in [6, 6.07) is 0. The van der Waals surface area contributed by atoms with Gasteiger partial charge in [0.25, 0.3) is 0 Å². The largest absolute Gasteiger partial charge is 0.444 e. The quantitative estimate of drug-likeness (QED) is 0.333. The van der Waals surface area contributed by atoms with Gasteiger partial charge >= 0.3 is 0 Å². The number of rotatable bonds is 4.